The predicted molar refractivity (Wildman–Crippen MR) is 145 cm³/mol. The SMILES string of the molecule is Cc1ccc(OCC(=O)N(Cc2ccc(Cl)cc2)[C@@H](Cc2ccccc2)C(=O)NCC(C)C)cc1C. The first-order chi connectivity index (χ1) is 17.2. The van der Waals surface area contributed by atoms with Crippen LogP contribution in [-0.2, 0) is 22.6 Å². The second-order valence-electron chi connectivity index (χ2n) is 9.53. The molecule has 6 heteroatoms. The van der Waals surface area contributed by atoms with Crippen molar-refractivity contribution in [2.75, 3.05) is 13.2 Å². The molecule has 5 nitrogen and oxygen atoms in total. The van der Waals surface area contributed by atoms with Gasteiger partial charge in [-0.2, -0.15) is 0 Å². The molecule has 1 atom stereocenters. The van der Waals surface area contributed by atoms with Crippen molar-refractivity contribution >= 4 is 23.4 Å². The summed E-state index contributed by atoms with van der Waals surface area (Å²) in [6.07, 6.45) is 0.397. The molecule has 0 bridgehead atoms. The van der Waals surface area contributed by atoms with E-state index in [9.17, 15) is 9.59 Å². The molecule has 0 aliphatic heterocycles. The first kappa shape index (κ1) is 27.3. The fraction of sp³-hybridized carbons (Fsp3) is 0.333. The van der Waals surface area contributed by atoms with Crippen molar-refractivity contribution in [3.8, 4) is 5.75 Å². The molecule has 3 rings (SSSR count). The number of halogens is 1. The van der Waals surface area contributed by atoms with Gasteiger partial charge in [-0.05, 0) is 66.3 Å². The van der Waals surface area contributed by atoms with Gasteiger partial charge in [0.05, 0.1) is 0 Å². The lowest BCUT2D eigenvalue weighted by Gasteiger charge is -2.31. The summed E-state index contributed by atoms with van der Waals surface area (Å²) in [5, 5.41) is 3.64. The first-order valence-corrected chi connectivity index (χ1v) is 12.7. The number of carbonyl (C=O) groups is 2. The van der Waals surface area contributed by atoms with Crippen LogP contribution in [0.2, 0.25) is 5.02 Å². The molecule has 0 aliphatic carbocycles. The monoisotopic (exact) mass is 506 g/mol. The lowest BCUT2D eigenvalue weighted by molar-refractivity contribution is -0.142. The third-order valence-corrected chi connectivity index (χ3v) is 6.31. The van der Waals surface area contributed by atoms with Crippen LogP contribution in [0.4, 0.5) is 0 Å². The van der Waals surface area contributed by atoms with Crippen LogP contribution in [0.25, 0.3) is 0 Å². The molecular weight excluding hydrogens is 472 g/mol. The maximum Gasteiger partial charge on any atom is 0.261 e. The Morgan fingerprint density at radius 3 is 2.25 bits per heavy atom. The van der Waals surface area contributed by atoms with Crippen LogP contribution in [0.1, 0.15) is 36.1 Å². The standard InChI is InChI=1S/C30H35ClN2O3/c1-21(2)18-32-30(35)28(17-24-8-6-5-7-9-24)33(19-25-11-13-26(31)14-12-25)29(34)20-36-27-15-10-22(3)23(4)16-27/h5-16,21,28H,17-20H2,1-4H3,(H,32,35)/t28-/m0/s1. The summed E-state index contributed by atoms with van der Waals surface area (Å²) in [6.45, 7) is 8.75. The van der Waals surface area contributed by atoms with Gasteiger partial charge in [-0.1, -0.05) is 74.0 Å². The van der Waals surface area contributed by atoms with Gasteiger partial charge in [-0.3, -0.25) is 9.59 Å². The van der Waals surface area contributed by atoms with Gasteiger partial charge in [0.1, 0.15) is 11.8 Å². The molecule has 3 aromatic carbocycles. The zero-order chi connectivity index (χ0) is 26.1. The summed E-state index contributed by atoms with van der Waals surface area (Å²) < 4.78 is 5.88. The Hall–Kier alpha value is -3.31. The molecule has 0 saturated heterocycles. The number of hydrogen-bond acceptors (Lipinski definition) is 3. The van der Waals surface area contributed by atoms with Crippen molar-refractivity contribution in [2.45, 2.75) is 46.7 Å². The van der Waals surface area contributed by atoms with Crippen LogP contribution < -0.4 is 10.1 Å². The number of rotatable bonds is 11. The van der Waals surface area contributed by atoms with E-state index in [-0.39, 0.29) is 25.0 Å². The van der Waals surface area contributed by atoms with E-state index in [2.05, 4.69) is 5.32 Å². The minimum atomic E-state index is -0.697. The zero-order valence-corrected chi connectivity index (χ0v) is 22.2. The van der Waals surface area contributed by atoms with Gasteiger partial charge in [-0.25, -0.2) is 0 Å². The highest BCUT2D eigenvalue weighted by Crippen LogP contribution is 2.19. The fourth-order valence-electron chi connectivity index (χ4n) is 3.79. The second kappa shape index (κ2) is 13.1. The molecule has 0 saturated carbocycles. The molecule has 0 aliphatic rings. The third kappa shape index (κ3) is 8.13. The number of benzene rings is 3. The number of aryl methyl sites for hydroxylation is 2. The molecule has 0 spiro atoms. The highest BCUT2D eigenvalue weighted by atomic mass is 35.5. The van der Waals surface area contributed by atoms with E-state index >= 15 is 0 Å². The highest BCUT2D eigenvalue weighted by Gasteiger charge is 2.30. The van der Waals surface area contributed by atoms with Gasteiger partial charge >= 0.3 is 0 Å². The molecule has 1 N–H and O–H groups in total. The van der Waals surface area contributed by atoms with E-state index in [1.165, 1.54) is 0 Å². The van der Waals surface area contributed by atoms with Crippen molar-refractivity contribution in [1.29, 1.82) is 0 Å². The summed E-state index contributed by atoms with van der Waals surface area (Å²) in [6, 6.07) is 22.1. The second-order valence-corrected chi connectivity index (χ2v) is 9.96. The van der Waals surface area contributed by atoms with Gasteiger partial charge in [0, 0.05) is 24.5 Å². The van der Waals surface area contributed by atoms with E-state index in [0.717, 1.165) is 22.3 Å². The van der Waals surface area contributed by atoms with Crippen LogP contribution in [0.3, 0.4) is 0 Å². The molecule has 0 unspecified atom stereocenters. The largest absolute Gasteiger partial charge is 0.484 e. The Labute approximate surface area is 219 Å². The van der Waals surface area contributed by atoms with Crippen LogP contribution in [0, 0.1) is 19.8 Å². The summed E-state index contributed by atoms with van der Waals surface area (Å²) in [4.78, 5) is 28.7. The topological polar surface area (TPSA) is 58.6 Å². The molecule has 0 aromatic heterocycles. The van der Waals surface area contributed by atoms with Crippen molar-refractivity contribution < 1.29 is 14.3 Å². The van der Waals surface area contributed by atoms with E-state index in [4.69, 9.17) is 16.3 Å². The molecular formula is C30H35ClN2O3. The first-order valence-electron chi connectivity index (χ1n) is 12.3. The molecule has 0 radical (unpaired) electrons. The van der Waals surface area contributed by atoms with Crippen LogP contribution in [0.5, 0.6) is 5.75 Å². The van der Waals surface area contributed by atoms with E-state index < -0.39 is 6.04 Å². The average Bonchev–Trinajstić information content (AvgIpc) is 2.87. The van der Waals surface area contributed by atoms with Crippen molar-refractivity contribution in [3.05, 3.63) is 100 Å². The fourth-order valence-corrected chi connectivity index (χ4v) is 3.92. The number of carbonyl (C=O) groups excluding carboxylic acids is 2. The van der Waals surface area contributed by atoms with E-state index in [1.807, 2.05) is 88.4 Å². The molecule has 3 aromatic rings. The summed E-state index contributed by atoms with van der Waals surface area (Å²) in [7, 11) is 0. The molecule has 190 valence electrons. The number of ether oxygens (including phenoxy) is 1. The van der Waals surface area contributed by atoms with Gasteiger partial charge in [-0.15, -0.1) is 0 Å². The number of nitrogens with one attached hydrogen (secondary N) is 1. The molecule has 0 fully saturated rings. The normalized spacial score (nSPS) is 11.7. The predicted octanol–water partition coefficient (Wildman–Crippen LogP) is 5.75. The number of nitrogens with zero attached hydrogens (tertiary/aromatic N) is 1. The molecule has 2 amide bonds. The Kier molecular flexibility index (Phi) is 9.95. The van der Waals surface area contributed by atoms with Crippen molar-refractivity contribution in [3.63, 3.8) is 0 Å². The van der Waals surface area contributed by atoms with Crippen LogP contribution in [-0.4, -0.2) is 35.9 Å². The maximum absolute atomic E-state index is 13.6. The lowest BCUT2D eigenvalue weighted by Crippen LogP contribution is -2.52. The molecule has 36 heavy (non-hydrogen) atoms. The summed E-state index contributed by atoms with van der Waals surface area (Å²) >= 11 is 6.08. The average molecular weight is 507 g/mol. The Bertz CT molecular complexity index is 1150. The Morgan fingerprint density at radius 1 is 0.917 bits per heavy atom. The number of hydrogen-bond donors (Lipinski definition) is 1. The van der Waals surface area contributed by atoms with Gasteiger partial charge in [0.2, 0.25) is 5.91 Å². The van der Waals surface area contributed by atoms with Gasteiger partial charge < -0.3 is 15.0 Å². The number of amides is 2. The quantitative estimate of drug-likeness (QED) is 0.360. The van der Waals surface area contributed by atoms with Crippen LogP contribution in [0.15, 0.2) is 72.8 Å². The minimum Gasteiger partial charge on any atom is -0.484 e. The van der Waals surface area contributed by atoms with Crippen molar-refractivity contribution in [2.24, 2.45) is 5.92 Å². The maximum atomic E-state index is 13.6. The lowest BCUT2D eigenvalue weighted by atomic mass is 10.0. The van der Waals surface area contributed by atoms with Crippen LogP contribution >= 0.6 is 11.6 Å². The van der Waals surface area contributed by atoms with Crippen molar-refractivity contribution in [1.82, 2.24) is 10.2 Å². The summed E-state index contributed by atoms with van der Waals surface area (Å²) in [5.74, 6) is 0.478. The molecule has 0 heterocycles. The highest BCUT2D eigenvalue weighted by molar-refractivity contribution is 6.30. The van der Waals surface area contributed by atoms with Gasteiger partial charge in [0.25, 0.3) is 5.91 Å². The van der Waals surface area contributed by atoms with E-state index in [1.54, 1.807) is 17.0 Å². The Balaban J connectivity index is 1.89. The van der Waals surface area contributed by atoms with E-state index in [0.29, 0.717) is 29.7 Å². The summed E-state index contributed by atoms with van der Waals surface area (Å²) in [5.41, 5.74) is 4.11. The third-order valence-electron chi connectivity index (χ3n) is 6.06. The zero-order valence-electron chi connectivity index (χ0n) is 21.5. The smallest absolute Gasteiger partial charge is 0.261 e. The Morgan fingerprint density at radius 2 is 1.61 bits per heavy atom. The van der Waals surface area contributed by atoms with Gasteiger partial charge in [0.15, 0.2) is 6.61 Å². The minimum absolute atomic E-state index is 0.168.